The lowest BCUT2D eigenvalue weighted by Gasteiger charge is -2.31. The first kappa shape index (κ1) is 14.9. The van der Waals surface area contributed by atoms with Crippen LogP contribution in [0.25, 0.3) is 0 Å². The minimum atomic E-state index is 0.0289. The average Bonchev–Trinajstić information content (AvgIpc) is 3.35. The van der Waals surface area contributed by atoms with Gasteiger partial charge in [-0.2, -0.15) is 5.10 Å². The highest BCUT2D eigenvalue weighted by molar-refractivity contribution is 9.10. The molecule has 0 spiro atoms. The summed E-state index contributed by atoms with van der Waals surface area (Å²) in [5, 5.41) is 4.52. The highest BCUT2D eigenvalue weighted by Crippen LogP contribution is 2.37. The second kappa shape index (κ2) is 5.74. The van der Waals surface area contributed by atoms with E-state index in [1.807, 2.05) is 4.57 Å². The van der Waals surface area contributed by atoms with Crippen molar-refractivity contribution in [2.75, 3.05) is 18.0 Å². The van der Waals surface area contributed by atoms with E-state index >= 15 is 0 Å². The van der Waals surface area contributed by atoms with E-state index in [1.165, 1.54) is 4.68 Å². The van der Waals surface area contributed by atoms with E-state index in [9.17, 15) is 4.79 Å². The van der Waals surface area contributed by atoms with Gasteiger partial charge < -0.3 is 4.90 Å². The molecule has 7 nitrogen and oxygen atoms in total. The van der Waals surface area contributed by atoms with Gasteiger partial charge in [-0.15, -0.1) is 0 Å². The number of piperidine rings is 1. The molecular formula is C15H19BrN6O. The summed E-state index contributed by atoms with van der Waals surface area (Å²) in [6, 6.07) is 0.374. The van der Waals surface area contributed by atoms with Crippen molar-refractivity contribution in [3.8, 4) is 0 Å². The third-order valence-electron chi connectivity index (χ3n) is 4.64. The van der Waals surface area contributed by atoms with Crippen molar-refractivity contribution in [2.24, 2.45) is 7.05 Å². The van der Waals surface area contributed by atoms with Gasteiger partial charge in [0.05, 0.1) is 4.47 Å². The molecule has 4 rings (SSSR count). The molecule has 0 aromatic carbocycles. The molecule has 1 saturated heterocycles. The zero-order valence-electron chi connectivity index (χ0n) is 13.0. The molecule has 1 aliphatic heterocycles. The molecule has 1 aliphatic carbocycles. The van der Waals surface area contributed by atoms with Crippen LogP contribution in [0.2, 0.25) is 0 Å². The van der Waals surface area contributed by atoms with E-state index in [4.69, 9.17) is 0 Å². The number of nitrogens with zero attached hydrogens (tertiary/aromatic N) is 6. The predicted octanol–water partition coefficient (Wildman–Crippen LogP) is 1.85. The first-order chi connectivity index (χ1) is 11.1. The number of halogens is 1. The summed E-state index contributed by atoms with van der Waals surface area (Å²) in [4.78, 5) is 23.2. The molecule has 2 aromatic heterocycles. The van der Waals surface area contributed by atoms with Gasteiger partial charge in [-0.1, -0.05) is 0 Å². The Morgan fingerprint density at radius 2 is 1.78 bits per heavy atom. The van der Waals surface area contributed by atoms with Gasteiger partial charge in [0, 0.05) is 44.5 Å². The van der Waals surface area contributed by atoms with Crippen LogP contribution >= 0.6 is 15.9 Å². The van der Waals surface area contributed by atoms with Crippen molar-refractivity contribution in [3.63, 3.8) is 0 Å². The molecule has 0 atom stereocenters. The van der Waals surface area contributed by atoms with Crippen LogP contribution in [0.1, 0.15) is 43.5 Å². The molecule has 2 aliphatic rings. The quantitative estimate of drug-likeness (QED) is 0.814. The Morgan fingerprint density at radius 1 is 1.13 bits per heavy atom. The molecule has 3 heterocycles. The van der Waals surface area contributed by atoms with Gasteiger partial charge in [0.25, 0.3) is 0 Å². The fourth-order valence-corrected chi connectivity index (χ4v) is 3.46. The molecule has 2 fully saturated rings. The molecule has 8 heteroatoms. The number of rotatable bonds is 3. The van der Waals surface area contributed by atoms with Crippen molar-refractivity contribution in [2.45, 2.75) is 37.6 Å². The Bertz CT molecular complexity index is 755. The zero-order valence-corrected chi connectivity index (χ0v) is 14.6. The maximum absolute atomic E-state index is 12.3. The average molecular weight is 379 g/mol. The van der Waals surface area contributed by atoms with Gasteiger partial charge in [0.2, 0.25) is 5.95 Å². The number of aromatic nitrogens is 5. The summed E-state index contributed by atoms with van der Waals surface area (Å²) < 4.78 is 4.30. The van der Waals surface area contributed by atoms with E-state index in [0.29, 0.717) is 12.0 Å². The maximum Gasteiger partial charge on any atom is 0.345 e. The second-order valence-electron chi connectivity index (χ2n) is 6.33. The minimum absolute atomic E-state index is 0.0289. The molecule has 0 unspecified atom stereocenters. The summed E-state index contributed by atoms with van der Waals surface area (Å²) in [5.41, 5.74) is 0.0289. The first-order valence-corrected chi connectivity index (χ1v) is 8.80. The van der Waals surface area contributed by atoms with Crippen LogP contribution < -0.4 is 10.6 Å². The lowest BCUT2D eigenvalue weighted by molar-refractivity contribution is 0.458. The third kappa shape index (κ3) is 2.80. The number of hydrogen-bond acceptors (Lipinski definition) is 5. The molecule has 0 bridgehead atoms. The maximum atomic E-state index is 12.3. The molecule has 0 N–H and O–H groups in total. The Morgan fingerprint density at radius 3 is 2.39 bits per heavy atom. The molecule has 2 aromatic rings. The standard InChI is InChI=1S/C15H19BrN6O/c1-20-15(23)22(12-2-3-12)13(19-20)10-4-6-21(7-5-10)14-17-8-11(16)9-18-14/h8-10,12H,2-7H2,1H3. The topological polar surface area (TPSA) is 68.8 Å². The van der Waals surface area contributed by atoms with Crippen molar-refractivity contribution < 1.29 is 0 Å². The first-order valence-electron chi connectivity index (χ1n) is 8.01. The van der Waals surface area contributed by atoms with Crippen LogP contribution in [0, 0.1) is 0 Å². The van der Waals surface area contributed by atoms with E-state index in [0.717, 1.165) is 55.0 Å². The lowest BCUT2D eigenvalue weighted by Crippen LogP contribution is -2.35. The Balaban J connectivity index is 1.51. The summed E-state index contributed by atoms with van der Waals surface area (Å²) in [6.07, 6.45) is 7.70. The Hall–Kier alpha value is -1.70. The summed E-state index contributed by atoms with van der Waals surface area (Å²) >= 11 is 3.36. The summed E-state index contributed by atoms with van der Waals surface area (Å²) in [7, 11) is 1.75. The molecule has 1 saturated carbocycles. The van der Waals surface area contributed by atoms with Gasteiger partial charge >= 0.3 is 5.69 Å². The molecule has 23 heavy (non-hydrogen) atoms. The molecular weight excluding hydrogens is 360 g/mol. The van der Waals surface area contributed by atoms with Crippen molar-refractivity contribution >= 4 is 21.9 Å². The van der Waals surface area contributed by atoms with Crippen molar-refractivity contribution in [1.82, 2.24) is 24.3 Å². The summed E-state index contributed by atoms with van der Waals surface area (Å²) in [6.45, 7) is 1.78. The van der Waals surface area contributed by atoms with Crippen LogP contribution in [0.4, 0.5) is 5.95 Å². The normalized spacial score (nSPS) is 19.3. The predicted molar refractivity (Wildman–Crippen MR) is 89.7 cm³/mol. The van der Waals surface area contributed by atoms with Crippen molar-refractivity contribution in [1.29, 1.82) is 0 Å². The van der Waals surface area contributed by atoms with E-state index in [1.54, 1.807) is 19.4 Å². The smallest absolute Gasteiger partial charge is 0.341 e. The monoisotopic (exact) mass is 378 g/mol. The minimum Gasteiger partial charge on any atom is -0.341 e. The zero-order chi connectivity index (χ0) is 16.0. The van der Waals surface area contributed by atoms with Crippen LogP contribution in [-0.2, 0) is 7.05 Å². The molecule has 0 amide bonds. The highest BCUT2D eigenvalue weighted by atomic mass is 79.9. The highest BCUT2D eigenvalue weighted by Gasteiger charge is 2.33. The van der Waals surface area contributed by atoms with Gasteiger partial charge in [-0.25, -0.2) is 19.4 Å². The van der Waals surface area contributed by atoms with Gasteiger partial charge in [0.1, 0.15) is 5.82 Å². The van der Waals surface area contributed by atoms with Crippen LogP contribution in [0.5, 0.6) is 0 Å². The lowest BCUT2D eigenvalue weighted by atomic mass is 9.96. The SMILES string of the molecule is Cn1nc(C2CCN(c3ncc(Br)cn3)CC2)n(C2CC2)c1=O. The summed E-state index contributed by atoms with van der Waals surface area (Å²) in [5.74, 6) is 2.08. The van der Waals surface area contributed by atoms with Crippen LogP contribution in [-0.4, -0.2) is 37.4 Å². The van der Waals surface area contributed by atoms with Gasteiger partial charge in [-0.3, -0.25) is 4.57 Å². The number of hydrogen-bond donors (Lipinski definition) is 0. The Labute approximate surface area is 142 Å². The fourth-order valence-electron chi connectivity index (χ4n) is 3.26. The third-order valence-corrected chi connectivity index (χ3v) is 5.05. The Kier molecular flexibility index (Phi) is 3.71. The fraction of sp³-hybridized carbons (Fsp3) is 0.600. The van der Waals surface area contributed by atoms with Crippen LogP contribution in [0.15, 0.2) is 21.7 Å². The largest absolute Gasteiger partial charge is 0.345 e. The molecule has 0 radical (unpaired) electrons. The number of anilines is 1. The van der Waals surface area contributed by atoms with E-state index in [-0.39, 0.29) is 5.69 Å². The van der Waals surface area contributed by atoms with E-state index < -0.39 is 0 Å². The van der Waals surface area contributed by atoms with Gasteiger partial charge in [-0.05, 0) is 41.6 Å². The second-order valence-corrected chi connectivity index (χ2v) is 7.24. The van der Waals surface area contributed by atoms with Crippen molar-refractivity contribution in [3.05, 3.63) is 33.2 Å². The van der Waals surface area contributed by atoms with Gasteiger partial charge in [0.15, 0.2) is 0 Å². The molecule has 122 valence electrons. The van der Waals surface area contributed by atoms with E-state index in [2.05, 4.69) is 35.9 Å². The van der Waals surface area contributed by atoms with Crippen LogP contribution in [0.3, 0.4) is 0 Å². The number of aryl methyl sites for hydroxylation is 1.